The van der Waals surface area contributed by atoms with Crippen LogP contribution in [-0.2, 0) is 21.2 Å². The van der Waals surface area contributed by atoms with E-state index in [0.717, 1.165) is 31.2 Å². The summed E-state index contributed by atoms with van der Waals surface area (Å²) in [5, 5.41) is 2.90. The number of aryl methyl sites for hydroxylation is 1. The van der Waals surface area contributed by atoms with Gasteiger partial charge in [0.25, 0.3) is 15.9 Å². The maximum absolute atomic E-state index is 13.2. The van der Waals surface area contributed by atoms with Crippen LogP contribution in [0.5, 0.6) is 5.75 Å². The number of hydrogen-bond donors (Lipinski definition) is 1. The minimum Gasteiger partial charge on any atom is -0.482 e. The van der Waals surface area contributed by atoms with Crippen LogP contribution in [0.4, 0.5) is 5.69 Å². The molecule has 8 heteroatoms. The lowest BCUT2D eigenvalue weighted by Gasteiger charge is -2.30. The van der Waals surface area contributed by atoms with Gasteiger partial charge in [0.05, 0.1) is 15.6 Å². The molecule has 29 heavy (non-hydrogen) atoms. The van der Waals surface area contributed by atoms with E-state index in [4.69, 9.17) is 16.3 Å². The highest BCUT2D eigenvalue weighted by Gasteiger charge is 2.29. The number of sulfonamides is 1. The summed E-state index contributed by atoms with van der Waals surface area (Å²) in [4.78, 5) is 11.9. The number of nitrogens with one attached hydrogen (secondary N) is 1. The highest BCUT2D eigenvalue weighted by atomic mass is 35.5. The quantitative estimate of drug-likeness (QED) is 0.639. The molecule has 0 atom stereocenters. The number of benzene rings is 2. The first-order valence-corrected chi connectivity index (χ1v) is 11.5. The number of unbranched alkanes of at least 4 members (excludes halogenated alkanes) is 1. The van der Waals surface area contributed by atoms with Crippen molar-refractivity contribution in [1.29, 1.82) is 0 Å². The number of anilines is 1. The lowest BCUT2D eigenvalue weighted by molar-refractivity contribution is -0.123. The summed E-state index contributed by atoms with van der Waals surface area (Å²) in [7, 11) is -3.75. The van der Waals surface area contributed by atoms with E-state index in [1.165, 1.54) is 22.5 Å². The molecule has 0 unspecified atom stereocenters. The second kappa shape index (κ2) is 9.50. The van der Waals surface area contributed by atoms with Gasteiger partial charge in [0.2, 0.25) is 0 Å². The third-order valence-corrected chi connectivity index (χ3v) is 6.87. The van der Waals surface area contributed by atoms with Crippen molar-refractivity contribution in [2.45, 2.75) is 37.5 Å². The molecule has 0 saturated heterocycles. The Hall–Kier alpha value is -2.25. The lowest BCUT2D eigenvalue weighted by atomic mass is 10.0. The van der Waals surface area contributed by atoms with Crippen LogP contribution in [0.3, 0.4) is 0 Å². The van der Waals surface area contributed by atoms with Crippen LogP contribution < -0.4 is 14.4 Å². The van der Waals surface area contributed by atoms with E-state index in [-0.39, 0.29) is 28.2 Å². The molecule has 3 rings (SSSR count). The molecule has 0 fully saturated rings. The van der Waals surface area contributed by atoms with E-state index in [9.17, 15) is 13.2 Å². The van der Waals surface area contributed by atoms with Crippen LogP contribution in [0, 0.1) is 0 Å². The predicted molar refractivity (Wildman–Crippen MR) is 114 cm³/mol. The zero-order valence-corrected chi connectivity index (χ0v) is 17.9. The number of para-hydroxylation sites is 1. The van der Waals surface area contributed by atoms with E-state index < -0.39 is 10.0 Å². The first-order valence-electron chi connectivity index (χ1n) is 9.73. The molecule has 2 aromatic carbocycles. The second-order valence-corrected chi connectivity index (χ2v) is 9.16. The molecule has 6 nitrogen and oxygen atoms in total. The first-order chi connectivity index (χ1) is 13.9. The second-order valence-electron chi connectivity index (χ2n) is 6.89. The molecule has 0 radical (unpaired) electrons. The number of fused-ring (bicyclic) bond motifs is 1. The SMILES string of the molecule is CCCCNC(=O)COc1ccc(S(=O)(=O)N2CCCc3ccccc32)cc1Cl. The lowest BCUT2D eigenvalue weighted by Crippen LogP contribution is -2.35. The molecule has 0 bridgehead atoms. The topological polar surface area (TPSA) is 75.7 Å². The summed E-state index contributed by atoms with van der Waals surface area (Å²) < 4.78 is 33.3. The van der Waals surface area contributed by atoms with Crippen LogP contribution in [0.2, 0.25) is 5.02 Å². The van der Waals surface area contributed by atoms with Gasteiger partial charge in [-0.3, -0.25) is 9.10 Å². The maximum atomic E-state index is 13.2. The monoisotopic (exact) mass is 436 g/mol. The van der Waals surface area contributed by atoms with E-state index in [0.29, 0.717) is 18.8 Å². The van der Waals surface area contributed by atoms with Gasteiger partial charge in [-0.2, -0.15) is 0 Å². The Balaban J connectivity index is 1.74. The summed E-state index contributed by atoms with van der Waals surface area (Å²) >= 11 is 6.25. The number of nitrogens with zero attached hydrogens (tertiary/aromatic N) is 1. The third-order valence-electron chi connectivity index (χ3n) is 4.77. The minimum atomic E-state index is -3.75. The van der Waals surface area contributed by atoms with E-state index >= 15 is 0 Å². The van der Waals surface area contributed by atoms with Crippen molar-refractivity contribution in [3.05, 3.63) is 53.1 Å². The normalized spacial score (nSPS) is 13.7. The molecular weight excluding hydrogens is 412 g/mol. The zero-order chi connectivity index (χ0) is 20.9. The van der Waals surface area contributed by atoms with Gasteiger partial charge in [0.15, 0.2) is 6.61 Å². The Labute approximate surface area is 176 Å². The summed E-state index contributed by atoms with van der Waals surface area (Å²) in [5.41, 5.74) is 1.72. The van der Waals surface area contributed by atoms with E-state index in [1.54, 1.807) is 0 Å². The first kappa shape index (κ1) is 21.5. The number of rotatable bonds is 8. The molecule has 1 aliphatic heterocycles. The average molecular weight is 437 g/mol. The molecule has 2 aromatic rings. The molecule has 156 valence electrons. The van der Waals surface area contributed by atoms with Crippen LogP contribution >= 0.6 is 11.6 Å². The third kappa shape index (κ3) is 5.03. The standard InChI is InChI=1S/C21H25ClN2O4S/c1-2-3-12-23-21(25)15-28-20-11-10-17(14-18(20)22)29(26,27)24-13-6-8-16-7-4-5-9-19(16)24/h4-5,7,9-11,14H,2-3,6,8,12-13,15H2,1H3,(H,23,25). The Morgan fingerprint density at radius 2 is 2.03 bits per heavy atom. The van der Waals surface area contributed by atoms with Gasteiger partial charge in [-0.05, 0) is 49.1 Å². The zero-order valence-electron chi connectivity index (χ0n) is 16.4. The van der Waals surface area contributed by atoms with Crippen molar-refractivity contribution >= 4 is 33.2 Å². The summed E-state index contributed by atoms with van der Waals surface area (Å²) in [6, 6.07) is 11.8. The average Bonchev–Trinajstić information content (AvgIpc) is 2.72. The Kier molecular flexibility index (Phi) is 7.03. The highest BCUT2D eigenvalue weighted by Crippen LogP contribution is 2.34. The van der Waals surface area contributed by atoms with Gasteiger partial charge >= 0.3 is 0 Å². The number of carbonyl (C=O) groups is 1. The van der Waals surface area contributed by atoms with E-state index in [1.807, 2.05) is 31.2 Å². The van der Waals surface area contributed by atoms with Crippen molar-refractivity contribution in [3.63, 3.8) is 0 Å². The molecule has 1 amide bonds. The van der Waals surface area contributed by atoms with E-state index in [2.05, 4.69) is 5.32 Å². The summed E-state index contributed by atoms with van der Waals surface area (Å²) in [6.45, 7) is 2.89. The molecule has 0 aromatic heterocycles. The number of ether oxygens (including phenoxy) is 1. The van der Waals surface area contributed by atoms with Crippen molar-refractivity contribution < 1.29 is 17.9 Å². The maximum Gasteiger partial charge on any atom is 0.264 e. The Morgan fingerprint density at radius 3 is 2.79 bits per heavy atom. The van der Waals surface area contributed by atoms with Gasteiger partial charge in [-0.1, -0.05) is 43.1 Å². The van der Waals surface area contributed by atoms with Gasteiger partial charge in [0.1, 0.15) is 5.75 Å². The van der Waals surface area contributed by atoms with Gasteiger partial charge in [-0.25, -0.2) is 8.42 Å². The highest BCUT2D eigenvalue weighted by molar-refractivity contribution is 7.92. The fourth-order valence-electron chi connectivity index (χ4n) is 3.23. The number of halogens is 1. The summed E-state index contributed by atoms with van der Waals surface area (Å²) in [5.74, 6) is 0.0337. The molecule has 0 saturated carbocycles. The fraction of sp³-hybridized carbons (Fsp3) is 0.381. The van der Waals surface area contributed by atoms with Crippen LogP contribution in [0.1, 0.15) is 31.7 Å². The molecule has 1 aliphatic rings. The number of carbonyl (C=O) groups excluding carboxylic acids is 1. The Bertz CT molecular complexity index is 978. The molecule has 1 N–H and O–H groups in total. The number of hydrogen-bond acceptors (Lipinski definition) is 4. The fourth-order valence-corrected chi connectivity index (χ4v) is 5.10. The van der Waals surface area contributed by atoms with Crippen LogP contribution in [0.25, 0.3) is 0 Å². The van der Waals surface area contributed by atoms with Crippen molar-refractivity contribution in [2.75, 3.05) is 24.0 Å². The van der Waals surface area contributed by atoms with Crippen molar-refractivity contribution in [2.24, 2.45) is 0 Å². The summed E-state index contributed by atoms with van der Waals surface area (Å²) in [6.07, 6.45) is 3.51. The van der Waals surface area contributed by atoms with Gasteiger partial charge < -0.3 is 10.1 Å². The number of amides is 1. The smallest absolute Gasteiger partial charge is 0.264 e. The molecule has 0 spiro atoms. The Morgan fingerprint density at radius 1 is 1.24 bits per heavy atom. The van der Waals surface area contributed by atoms with Crippen molar-refractivity contribution in [3.8, 4) is 5.75 Å². The van der Waals surface area contributed by atoms with Gasteiger partial charge in [-0.15, -0.1) is 0 Å². The van der Waals surface area contributed by atoms with Gasteiger partial charge in [0, 0.05) is 13.1 Å². The predicted octanol–water partition coefficient (Wildman–Crippen LogP) is 3.78. The van der Waals surface area contributed by atoms with Crippen LogP contribution in [0.15, 0.2) is 47.4 Å². The molecule has 1 heterocycles. The molecular formula is C21H25ClN2O4S. The van der Waals surface area contributed by atoms with Crippen LogP contribution in [-0.4, -0.2) is 34.0 Å². The molecule has 0 aliphatic carbocycles. The largest absolute Gasteiger partial charge is 0.482 e. The van der Waals surface area contributed by atoms with Crippen molar-refractivity contribution in [1.82, 2.24) is 5.32 Å². The minimum absolute atomic E-state index is 0.0963.